The van der Waals surface area contributed by atoms with Crippen molar-refractivity contribution in [3.63, 3.8) is 0 Å². The molecule has 2 rings (SSSR count). The van der Waals surface area contributed by atoms with Crippen LogP contribution in [-0.2, 0) is 17.8 Å². The van der Waals surface area contributed by atoms with E-state index in [-0.39, 0.29) is 24.7 Å². The minimum Gasteiger partial charge on any atom is -0.337 e. The van der Waals surface area contributed by atoms with Crippen LogP contribution in [0.5, 0.6) is 0 Å². The van der Waals surface area contributed by atoms with E-state index in [2.05, 4.69) is 4.98 Å². The fraction of sp³-hybridized carbons (Fsp3) is 0.333. The van der Waals surface area contributed by atoms with Crippen LogP contribution in [0.15, 0.2) is 48.8 Å². The monoisotopic (exact) mass is 315 g/mol. The molecule has 23 heavy (non-hydrogen) atoms. The second kappa shape index (κ2) is 8.39. The molecule has 0 aliphatic carbocycles. The van der Waals surface area contributed by atoms with Gasteiger partial charge in [-0.15, -0.1) is 0 Å². The summed E-state index contributed by atoms with van der Waals surface area (Å²) in [6, 6.07) is 10.3. The highest BCUT2D eigenvalue weighted by Gasteiger charge is 2.16. The zero-order valence-electron chi connectivity index (χ0n) is 13.6. The van der Waals surface area contributed by atoms with Gasteiger partial charge in [-0.1, -0.05) is 24.3 Å². The summed E-state index contributed by atoms with van der Waals surface area (Å²) in [5, 5.41) is 0. The summed E-state index contributed by atoms with van der Waals surface area (Å²) >= 11 is 0. The fourth-order valence-corrected chi connectivity index (χ4v) is 2.23. The van der Waals surface area contributed by atoms with Crippen LogP contribution < -0.4 is 0 Å². The number of hydrogen-bond acceptors (Lipinski definition) is 3. The highest BCUT2D eigenvalue weighted by molar-refractivity contribution is 5.78. The van der Waals surface area contributed by atoms with Crippen LogP contribution in [0.1, 0.15) is 11.1 Å². The van der Waals surface area contributed by atoms with Gasteiger partial charge in [0, 0.05) is 37.6 Å². The van der Waals surface area contributed by atoms with Crippen molar-refractivity contribution in [2.45, 2.75) is 13.0 Å². The molecule has 1 aromatic carbocycles. The fourth-order valence-electron chi connectivity index (χ4n) is 2.23. The highest BCUT2D eigenvalue weighted by Crippen LogP contribution is 2.11. The average Bonchev–Trinajstić information content (AvgIpc) is 2.53. The summed E-state index contributed by atoms with van der Waals surface area (Å²) in [6.45, 7) is 1.56. The molecule has 0 saturated carbocycles. The molecule has 0 spiro atoms. The van der Waals surface area contributed by atoms with Crippen LogP contribution in [0.4, 0.5) is 4.39 Å². The highest BCUT2D eigenvalue weighted by atomic mass is 19.1. The van der Waals surface area contributed by atoms with E-state index in [0.717, 1.165) is 12.1 Å². The Bertz CT molecular complexity index is 631. The van der Waals surface area contributed by atoms with E-state index < -0.39 is 0 Å². The Kier molecular flexibility index (Phi) is 6.23. The molecule has 1 aromatic heterocycles. The van der Waals surface area contributed by atoms with E-state index in [4.69, 9.17) is 0 Å². The third-order valence-electron chi connectivity index (χ3n) is 3.57. The van der Waals surface area contributed by atoms with Crippen molar-refractivity contribution in [3.05, 3.63) is 65.7 Å². The number of carbonyl (C=O) groups excluding carboxylic acids is 1. The van der Waals surface area contributed by atoms with E-state index in [1.807, 2.05) is 31.1 Å². The van der Waals surface area contributed by atoms with Gasteiger partial charge in [0.05, 0.1) is 6.42 Å². The van der Waals surface area contributed by atoms with Crippen LogP contribution in [0, 0.1) is 5.82 Å². The maximum atomic E-state index is 13.9. The van der Waals surface area contributed by atoms with E-state index >= 15 is 0 Å². The van der Waals surface area contributed by atoms with Gasteiger partial charge in [0.15, 0.2) is 0 Å². The molecule has 122 valence electrons. The summed E-state index contributed by atoms with van der Waals surface area (Å²) in [7, 11) is 3.90. The van der Waals surface area contributed by atoms with Crippen molar-refractivity contribution in [2.75, 3.05) is 27.2 Å². The number of pyridine rings is 1. The Morgan fingerprint density at radius 1 is 1.13 bits per heavy atom. The molecule has 0 atom stereocenters. The Morgan fingerprint density at radius 3 is 2.57 bits per heavy atom. The van der Waals surface area contributed by atoms with Crippen molar-refractivity contribution in [1.29, 1.82) is 0 Å². The molecule has 0 radical (unpaired) electrons. The van der Waals surface area contributed by atoms with Crippen LogP contribution in [0.3, 0.4) is 0 Å². The first-order chi connectivity index (χ1) is 11.1. The third kappa shape index (κ3) is 5.45. The molecule has 4 nitrogen and oxygen atoms in total. The number of carbonyl (C=O) groups is 1. The molecule has 0 fully saturated rings. The third-order valence-corrected chi connectivity index (χ3v) is 3.57. The van der Waals surface area contributed by atoms with Crippen LogP contribution in [0.2, 0.25) is 0 Å². The van der Waals surface area contributed by atoms with Crippen molar-refractivity contribution in [2.24, 2.45) is 0 Å². The molecule has 0 bridgehead atoms. The normalized spacial score (nSPS) is 10.8. The summed E-state index contributed by atoms with van der Waals surface area (Å²) in [4.78, 5) is 20.3. The lowest BCUT2D eigenvalue weighted by Crippen LogP contribution is -2.37. The van der Waals surface area contributed by atoms with Gasteiger partial charge in [-0.2, -0.15) is 0 Å². The number of benzene rings is 1. The number of aromatic nitrogens is 1. The quantitative estimate of drug-likeness (QED) is 0.787. The van der Waals surface area contributed by atoms with Gasteiger partial charge >= 0.3 is 0 Å². The summed E-state index contributed by atoms with van der Waals surface area (Å²) in [5.41, 5.74) is 1.40. The number of halogens is 1. The van der Waals surface area contributed by atoms with Gasteiger partial charge in [0.2, 0.25) is 5.91 Å². The molecule has 2 aromatic rings. The van der Waals surface area contributed by atoms with E-state index in [1.54, 1.807) is 35.5 Å². The molecule has 0 aliphatic rings. The number of likely N-dealkylation sites (N-methyl/N-ethyl adjacent to an activating group) is 1. The first-order valence-electron chi connectivity index (χ1n) is 7.61. The van der Waals surface area contributed by atoms with Crippen molar-refractivity contribution in [1.82, 2.24) is 14.8 Å². The average molecular weight is 315 g/mol. The van der Waals surface area contributed by atoms with Crippen molar-refractivity contribution < 1.29 is 9.18 Å². The van der Waals surface area contributed by atoms with E-state index in [0.29, 0.717) is 12.1 Å². The molecule has 0 N–H and O–H groups in total. The van der Waals surface area contributed by atoms with Gasteiger partial charge in [-0.25, -0.2) is 4.39 Å². The molecule has 0 saturated heterocycles. The summed E-state index contributed by atoms with van der Waals surface area (Å²) < 4.78 is 13.9. The van der Waals surface area contributed by atoms with Crippen molar-refractivity contribution in [3.8, 4) is 0 Å². The van der Waals surface area contributed by atoms with Crippen LogP contribution in [-0.4, -0.2) is 47.9 Å². The predicted octanol–water partition coefficient (Wildman–Crippen LogP) is 2.35. The number of hydrogen-bond donors (Lipinski definition) is 0. The standard InChI is InChI=1S/C18H22FN3O/c1-21(2)10-11-22(14-16-7-3-4-8-17(16)19)18(23)12-15-6-5-9-20-13-15/h3-9,13H,10-12,14H2,1-2H3. The Morgan fingerprint density at radius 2 is 1.91 bits per heavy atom. The van der Waals surface area contributed by atoms with Crippen molar-refractivity contribution >= 4 is 5.91 Å². The lowest BCUT2D eigenvalue weighted by atomic mass is 10.1. The van der Waals surface area contributed by atoms with Crippen LogP contribution in [0.25, 0.3) is 0 Å². The minimum absolute atomic E-state index is 0.0249. The number of amides is 1. The van der Waals surface area contributed by atoms with Gasteiger partial charge < -0.3 is 9.80 Å². The molecular weight excluding hydrogens is 293 g/mol. The lowest BCUT2D eigenvalue weighted by molar-refractivity contribution is -0.131. The number of nitrogens with zero attached hydrogens (tertiary/aromatic N) is 3. The second-order valence-corrected chi connectivity index (χ2v) is 5.75. The summed E-state index contributed by atoms with van der Waals surface area (Å²) in [5.74, 6) is -0.306. The maximum Gasteiger partial charge on any atom is 0.227 e. The maximum absolute atomic E-state index is 13.9. The Balaban J connectivity index is 2.09. The van der Waals surface area contributed by atoms with Gasteiger partial charge in [-0.05, 0) is 31.8 Å². The predicted molar refractivity (Wildman–Crippen MR) is 88.3 cm³/mol. The second-order valence-electron chi connectivity index (χ2n) is 5.75. The van der Waals surface area contributed by atoms with Gasteiger partial charge in [0.25, 0.3) is 0 Å². The molecule has 0 aliphatic heterocycles. The first kappa shape index (κ1) is 17.1. The summed E-state index contributed by atoms with van der Waals surface area (Å²) in [6.07, 6.45) is 3.64. The first-order valence-corrected chi connectivity index (χ1v) is 7.61. The topological polar surface area (TPSA) is 36.4 Å². The Labute approximate surface area is 136 Å². The van der Waals surface area contributed by atoms with E-state index in [1.165, 1.54) is 6.07 Å². The SMILES string of the molecule is CN(C)CCN(Cc1ccccc1F)C(=O)Cc1cccnc1. The molecule has 1 amide bonds. The molecule has 5 heteroatoms. The minimum atomic E-state index is -0.281. The molecule has 0 unspecified atom stereocenters. The zero-order chi connectivity index (χ0) is 16.7. The van der Waals surface area contributed by atoms with E-state index in [9.17, 15) is 9.18 Å². The van der Waals surface area contributed by atoms with Crippen LogP contribution >= 0.6 is 0 Å². The zero-order valence-corrected chi connectivity index (χ0v) is 13.6. The van der Waals surface area contributed by atoms with Gasteiger partial charge in [-0.3, -0.25) is 9.78 Å². The Hall–Kier alpha value is -2.27. The lowest BCUT2D eigenvalue weighted by Gasteiger charge is -2.25. The largest absolute Gasteiger partial charge is 0.337 e. The smallest absolute Gasteiger partial charge is 0.227 e. The number of rotatable bonds is 7. The molecule has 1 heterocycles. The van der Waals surface area contributed by atoms with Gasteiger partial charge in [0.1, 0.15) is 5.82 Å². The molecular formula is C18H22FN3O.